The van der Waals surface area contributed by atoms with E-state index in [0.29, 0.717) is 22.0 Å². The van der Waals surface area contributed by atoms with Crippen LogP contribution in [0.4, 0.5) is 4.39 Å². The van der Waals surface area contributed by atoms with E-state index in [2.05, 4.69) is 0 Å². The van der Waals surface area contributed by atoms with Crippen molar-refractivity contribution in [2.45, 2.75) is 43.9 Å². The Morgan fingerprint density at radius 2 is 2.08 bits per heavy atom. The summed E-state index contributed by atoms with van der Waals surface area (Å²) < 4.78 is 25.1. The number of hydrogen-bond acceptors (Lipinski definition) is 8. The molecule has 138 valence electrons. The van der Waals surface area contributed by atoms with Crippen molar-refractivity contribution in [1.29, 1.82) is 0 Å². The molecular weight excluding hydrogens is 343 g/mol. The lowest BCUT2D eigenvalue weighted by molar-refractivity contribution is -0.207. The molecule has 2 aliphatic rings. The second-order valence-corrected chi connectivity index (χ2v) is 6.03. The van der Waals surface area contributed by atoms with Gasteiger partial charge in [0.25, 0.3) is 11.4 Å². The summed E-state index contributed by atoms with van der Waals surface area (Å²) in [6.45, 7) is -1.88. The highest BCUT2D eigenvalue weighted by molar-refractivity contribution is 5.74. The lowest BCUT2D eigenvalue weighted by atomic mass is 10.1. The number of esters is 1. The molecule has 10 nitrogen and oxygen atoms in total. The van der Waals surface area contributed by atoms with Crippen LogP contribution in [0.25, 0.3) is 0 Å². The van der Waals surface area contributed by atoms with Gasteiger partial charge in [-0.1, -0.05) is 0 Å². The maximum atomic E-state index is 14.1. The molecule has 1 saturated heterocycles. The van der Waals surface area contributed by atoms with Crippen molar-refractivity contribution in [3.8, 4) is 0 Å². The van der Waals surface area contributed by atoms with Gasteiger partial charge in [-0.15, -0.1) is 0 Å². The molecule has 3 N–H and O–H groups in total. The van der Waals surface area contributed by atoms with Crippen LogP contribution in [-0.4, -0.2) is 55.1 Å². The van der Waals surface area contributed by atoms with E-state index < -0.39 is 54.8 Å². The lowest BCUT2D eigenvalue weighted by Crippen LogP contribution is -2.44. The normalized spacial score (nSPS) is 31.9. The topological polar surface area (TPSA) is 140 Å². The van der Waals surface area contributed by atoms with Crippen LogP contribution in [0.3, 0.4) is 0 Å². The van der Waals surface area contributed by atoms with E-state index in [1.54, 1.807) is 0 Å². The Labute approximate surface area is 139 Å². The second-order valence-electron chi connectivity index (χ2n) is 6.03. The van der Waals surface area contributed by atoms with Crippen molar-refractivity contribution < 1.29 is 34.0 Å². The van der Waals surface area contributed by atoms with Crippen molar-refractivity contribution in [2.24, 2.45) is 5.92 Å². The molecule has 11 heteroatoms. The number of hydrogen-bond donors (Lipinski definition) is 3. The van der Waals surface area contributed by atoms with Crippen LogP contribution in [-0.2, 0) is 21.0 Å². The van der Waals surface area contributed by atoms with Crippen LogP contribution in [0.1, 0.15) is 19.1 Å². The Morgan fingerprint density at radius 1 is 1.40 bits per heavy atom. The fourth-order valence-corrected chi connectivity index (χ4v) is 2.51. The number of aromatic nitrogens is 2. The van der Waals surface area contributed by atoms with Crippen molar-refractivity contribution in [3.05, 3.63) is 33.1 Å². The molecular formula is C14H17FN2O8. The fourth-order valence-electron chi connectivity index (χ4n) is 2.51. The van der Waals surface area contributed by atoms with Gasteiger partial charge >= 0.3 is 11.7 Å². The lowest BCUT2D eigenvalue weighted by Gasteiger charge is -2.20. The van der Waals surface area contributed by atoms with Gasteiger partial charge in [-0.2, -0.15) is 0 Å². The van der Waals surface area contributed by atoms with E-state index in [9.17, 15) is 29.0 Å². The highest BCUT2D eigenvalue weighted by Gasteiger charge is 2.56. The van der Waals surface area contributed by atoms with Crippen LogP contribution in [0.15, 0.2) is 21.9 Å². The highest BCUT2D eigenvalue weighted by atomic mass is 19.2. The van der Waals surface area contributed by atoms with Gasteiger partial charge in [0.1, 0.15) is 18.8 Å². The van der Waals surface area contributed by atoms with Gasteiger partial charge in [0.15, 0.2) is 13.0 Å². The summed E-state index contributed by atoms with van der Waals surface area (Å²) in [5, 5.41) is 28.5. The monoisotopic (exact) mass is 360 g/mol. The van der Waals surface area contributed by atoms with E-state index in [-0.39, 0.29) is 5.92 Å². The summed E-state index contributed by atoms with van der Waals surface area (Å²) in [5.41, 5.74) is -1.80. The summed E-state index contributed by atoms with van der Waals surface area (Å²) in [7, 11) is 0. The van der Waals surface area contributed by atoms with Crippen LogP contribution in [0.5, 0.6) is 0 Å². The zero-order chi connectivity index (χ0) is 18.4. The van der Waals surface area contributed by atoms with Gasteiger partial charge in [-0.3, -0.25) is 14.2 Å². The number of halogens is 1. The summed E-state index contributed by atoms with van der Waals surface area (Å²) >= 11 is 0. The number of aliphatic hydroxyl groups excluding tert-OH is 3. The first-order valence-corrected chi connectivity index (χ1v) is 7.61. The Hall–Kier alpha value is -2.08. The number of aliphatic hydroxyl groups is 3. The third kappa shape index (κ3) is 3.11. The number of nitrogens with zero attached hydrogens (tertiary/aromatic N) is 2. The molecule has 0 radical (unpaired) electrons. The molecule has 0 amide bonds. The predicted molar refractivity (Wildman–Crippen MR) is 76.8 cm³/mol. The molecule has 0 spiro atoms. The zero-order valence-electron chi connectivity index (χ0n) is 12.9. The maximum Gasteiger partial charge on any atom is 0.335 e. The van der Waals surface area contributed by atoms with Crippen LogP contribution in [0.2, 0.25) is 0 Å². The maximum absolute atomic E-state index is 14.1. The predicted octanol–water partition coefficient (Wildman–Crippen LogP) is -2.17. The highest BCUT2D eigenvalue weighted by Crippen LogP contribution is 2.37. The Kier molecular flexibility index (Phi) is 4.49. The minimum Gasteiger partial charge on any atom is -0.443 e. The first-order valence-electron chi connectivity index (χ1n) is 7.61. The van der Waals surface area contributed by atoms with Crippen molar-refractivity contribution in [1.82, 2.24) is 9.13 Å². The Morgan fingerprint density at radius 3 is 2.64 bits per heavy atom. The van der Waals surface area contributed by atoms with Crippen molar-refractivity contribution in [3.63, 3.8) is 0 Å². The smallest absolute Gasteiger partial charge is 0.335 e. The summed E-state index contributed by atoms with van der Waals surface area (Å²) in [4.78, 5) is 35.8. The molecule has 2 heterocycles. The van der Waals surface area contributed by atoms with Gasteiger partial charge in [0, 0.05) is 12.3 Å². The fraction of sp³-hybridized carbons (Fsp3) is 0.643. The zero-order valence-corrected chi connectivity index (χ0v) is 12.9. The van der Waals surface area contributed by atoms with E-state index in [4.69, 9.17) is 14.6 Å². The van der Waals surface area contributed by atoms with Crippen molar-refractivity contribution in [2.75, 3.05) is 6.61 Å². The Bertz CT molecular complexity index is 788. The Balaban J connectivity index is 1.87. The number of carbonyl (C=O) groups is 1. The molecule has 0 unspecified atom stereocenters. The summed E-state index contributed by atoms with van der Waals surface area (Å²) in [5.74, 6) is -3.71. The average molecular weight is 360 g/mol. The van der Waals surface area contributed by atoms with Crippen LogP contribution < -0.4 is 11.2 Å². The molecule has 4 atom stereocenters. The van der Waals surface area contributed by atoms with E-state index >= 15 is 0 Å². The molecule has 0 bridgehead atoms. The van der Waals surface area contributed by atoms with Gasteiger partial charge in [0.05, 0.1) is 5.92 Å². The van der Waals surface area contributed by atoms with Crippen LogP contribution in [0, 0.1) is 5.92 Å². The molecule has 1 aliphatic carbocycles. The van der Waals surface area contributed by atoms with Crippen molar-refractivity contribution >= 4 is 5.97 Å². The number of alkyl halides is 1. The second kappa shape index (κ2) is 6.33. The number of rotatable bonds is 5. The quantitative estimate of drug-likeness (QED) is 0.504. The van der Waals surface area contributed by atoms with Gasteiger partial charge < -0.3 is 24.8 Å². The van der Waals surface area contributed by atoms with Gasteiger partial charge in [-0.25, -0.2) is 13.8 Å². The number of ether oxygens (including phenoxy) is 2. The third-order valence-corrected chi connectivity index (χ3v) is 4.21. The van der Waals surface area contributed by atoms with Gasteiger partial charge in [-0.05, 0) is 12.8 Å². The number of carbonyl (C=O) groups excluding carboxylic acids is 1. The van der Waals surface area contributed by atoms with Gasteiger partial charge in [0.2, 0.25) is 0 Å². The standard InChI is InChI=1S/C14H17FN2O8/c15-14(5-18)10(21)9(20)11(25-14)16-4-3-8(19)17(13(16)23)6-24-12(22)7-1-2-7/h3-4,7,9-11,18,20-21H,1-2,5-6H2/t9-,10+,11-,14-/m1/s1. The molecule has 1 aromatic heterocycles. The molecule has 1 saturated carbocycles. The minimum atomic E-state index is -2.96. The summed E-state index contributed by atoms with van der Waals surface area (Å²) in [6.07, 6.45) is -3.31. The van der Waals surface area contributed by atoms with E-state index in [1.165, 1.54) is 0 Å². The molecule has 25 heavy (non-hydrogen) atoms. The SMILES string of the molecule is O=C(OCn1c(=O)ccn([C@@H]2O[C@](F)(CO)[C@@H](O)[C@H]2O)c1=O)C1CC1. The molecule has 2 fully saturated rings. The largest absolute Gasteiger partial charge is 0.443 e. The molecule has 1 aliphatic heterocycles. The minimum absolute atomic E-state index is 0.228. The molecule has 0 aromatic carbocycles. The summed E-state index contributed by atoms with van der Waals surface area (Å²) in [6, 6.07) is 0.937. The molecule has 1 aromatic rings. The first-order chi connectivity index (χ1) is 11.8. The van der Waals surface area contributed by atoms with E-state index in [1.807, 2.05) is 0 Å². The van der Waals surface area contributed by atoms with E-state index in [0.717, 1.165) is 12.3 Å². The average Bonchev–Trinajstić information content (AvgIpc) is 3.40. The molecule has 3 rings (SSSR count). The third-order valence-electron chi connectivity index (χ3n) is 4.21. The van der Waals surface area contributed by atoms with Crippen LogP contribution >= 0.6 is 0 Å². The first kappa shape index (κ1) is 17.7.